The highest BCUT2D eigenvalue weighted by atomic mass is 32.2. The molecule has 0 saturated heterocycles. The SMILES string of the molecule is CC1CC(C)SC(Nc2ccc3c(c2)C(=O)N(C)C3=O)=N1. The first-order valence-corrected chi connectivity index (χ1v) is 7.81. The normalized spacial score (nSPS) is 24.9. The number of rotatable bonds is 1. The average molecular weight is 303 g/mol. The Morgan fingerprint density at radius 1 is 1.24 bits per heavy atom. The molecule has 0 fully saturated rings. The summed E-state index contributed by atoms with van der Waals surface area (Å²) in [6, 6.07) is 5.54. The molecule has 21 heavy (non-hydrogen) atoms. The van der Waals surface area contributed by atoms with Crippen molar-refractivity contribution in [2.45, 2.75) is 31.6 Å². The maximum atomic E-state index is 12.0. The van der Waals surface area contributed by atoms with Gasteiger partial charge in [-0.05, 0) is 31.5 Å². The predicted molar refractivity (Wildman–Crippen MR) is 85.1 cm³/mol. The number of aliphatic imine (C=N–C) groups is 1. The van der Waals surface area contributed by atoms with E-state index in [9.17, 15) is 9.59 Å². The van der Waals surface area contributed by atoms with Crippen molar-refractivity contribution in [3.8, 4) is 0 Å². The maximum absolute atomic E-state index is 12.0. The topological polar surface area (TPSA) is 61.8 Å². The van der Waals surface area contributed by atoms with Crippen LogP contribution in [0.2, 0.25) is 0 Å². The number of fused-ring (bicyclic) bond motifs is 1. The number of anilines is 1. The van der Waals surface area contributed by atoms with Gasteiger partial charge in [-0.2, -0.15) is 0 Å². The summed E-state index contributed by atoms with van der Waals surface area (Å²) in [6.45, 7) is 4.27. The van der Waals surface area contributed by atoms with E-state index in [2.05, 4.69) is 24.2 Å². The van der Waals surface area contributed by atoms with Crippen LogP contribution < -0.4 is 5.32 Å². The van der Waals surface area contributed by atoms with Gasteiger partial charge < -0.3 is 5.32 Å². The number of amidine groups is 1. The highest BCUT2D eigenvalue weighted by Gasteiger charge is 2.32. The van der Waals surface area contributed by atoms with E-state index in [1.165, 1.54) is 7.05 Å². The minimum absolute atomic E-state index is 0.242. The lowest BCUT2D eigenvalue weighted by atomic mass is 10.1. The fraction of sp³-hybridized carbons (Fsp3) is 0.400. The second-order valence-electron chi connectivity index (χ2n) is 5.50. The number of nitrogens with zero attached hydrogens (tertiary/aromatic N) is 2. The fourth-order valence-electron chi connectivity index (χ4n) is 2.63. The molecule has 2 heterocycles. The summed E-state index contributed by atoms with van der Waals surface area (Å²) in [4.78, 5) is 29.6. The van der Waals surface area contributed by atoms with Gasteiger partial charge in [0.2, 0.25) is 0 Å². The molecular weight excluding hydrogens is 286 g/mol. The van der Waals surface area contributed by atoms with Crippen molar-refractivity contribution in [1.29, 1.82) is 0 Å². The molecule has 0 spiro atoms. The Labute approximate surface area is 127 Å². The molecule has 2 amide bonds. The van der Waals surface area contributed by atoms with Crippen LogP contribution in [0.4, 0.5) is 5.69 Å². The number of amides is 2. The van der Waals surface area contributed by atoms with Gasteiger partial charge in [-0.15, -0.1) is 0 Å². The molecule has 0 radical (unpaired) electrons. The standard InChI is InChI=1S/C15H17N3O2S/c1-8-6-9(2)21-15(16-8)17-10-4-5-11-12(7-10)14(20)18(3)13(11)19/h4-5,7-9H,6H2,1-3H3,(H,16,17). The molecule has 0 saturated carbocycles. The smallest absolute Gasteiger partial charge is 0.261 e. The fourth-order valence-corrected chi connectivity index (χ4v) is 3.80. The molecule has 2 aliphatic heterocycles. The van der Waals surface area contributed by atoms with Gasteiger partial charge in [0, 0.05) is 18.0 Å². The van der Waals surface area contributed by atoms with Gasteiger partial charge in [0.1, 0.15) is 0 Å². The highest BCUT2D eigenvalue weighted by molar-refractivity contribution is 8.14. The van der Waals surface area contributed by atoms with Crippen molar-refractivity contribution in [3.05, 3.63) is 29.3 Å². The maximum Gasteiger partial charge on any atom is 0.261 e. The quantitative estimate of drug-likeness (QED) is 0.810. The molecule has 1 aromatic carbocycles. The first kappa shape index (κ1) is 14.1. The highest BCUT2D eigenvalue weighted by Crippen LogP contribution is 2.28. The van der Waals surface area contributed by atoms with E-state index in [0.29, 0.717) is 22.4 Å². The van der Waals surface area contributed by atoms with Crippen molar-refractivity contribution in [2.75, 3.05) is 12.4 Å². The predicted octanol–water partition coefficient (Wildman–Crippen LogP) is 2.59. The summed E-state index contributed by atoms with van der Waals surface area (Å²) in [5.74, 6) is -0.494. The summed E-state index contributed by atoms with van der Waals surface area (Å²) in [7, 11) is 1.50. The number of hydrogen-bond acceptors (Lipinski definition) is 5. The summed E-state index contributed by atoms with van der Waals surface area (Å²) in [5, 5.41) is 4.64. The Bertz CT molecular complexity index is 656. The minimum Gasteiger partial charge on any atom is -0.335 e. The number of benzene rings is 1. The number of thioether (sulfide) groups is 1. The van der Waals surface area contributed by atoms with Crippen molar-refractivity contribution < 1.29 is 9.59 Å². The summed E-state index contributed by atoms with van der Waals surface area (Å²) >= 11 is 1.70. The van der Waals surface area contributed by atoms with Crippen LogP contribution in [0.1, 0.15) is 41.0 Å². The third-order valence-corrected chi connectivity index (χ3v) is 4.69. The van der Waals surface area contributed by atoms with Gasteiger partial charge in [0.15, 0.2) is 5.17 Å². The molecule has 110 valence electrons. The van der Waals surface area contributed by atoms with E-state index in [4.69, 9.17) is 0 Å². The summed E-state index contributed by atoms with van der Waals surface area (Å²) in [5.41, 5.74) is 1.71. The van der Waals surface area contributed by atoms with Crippen molar-refractivity contribution >= 4 is 34.4 Å². The molecule has 1 N–H and O–H groups in total. The molecule has 0 aromatic heterocycles. The van der Waals surface area contributed by atoms with Crippen molar-refractivity contribution in [2.24, 2.45) is 4.99 Å². The monoisotopic (exact) mass is 303 g/mol. The largest absolute Gasteiger partial charge is 0.335 e. The number of hydrogen-bond donors (Lipinski definition) is 1. The van der Waals surface area contributed by atoms with Crippen LogP contribution in [-0.2, 0) is 0 Å². The van der Waals surface area contributed by atoms with E-state index in [1.807, 2.05) is 6.07 Å². The molecule has 2 unspecified atom stereocenters. The second kappa shape index (κ2) is 5.18. The van der Waals surface area contributed by atoms with Crippen LogP contribution >= 0.6 is 11.8 Å². The van der Waals surface area contributed by atoms with E-state index in [-0.39, 0.29) is 11.8 Å². The number of carbonyl (C=O) groups is 2. The van der Waals surface area contributed by atoms with Crippen molar-refractivity contribution in [3.63, 3.8) is 0 Å². The van der Waals surface area contributed by atoms with Gasteiger partial charge in [-0.25, -0.2) is 0 Å². The Morgan fingerprint density at radius 3 is 2.67 bits per heavy atom. The van der Waals surface area contributed by atoms with Gasteiger partial charge >= 0.3 is 0 Å². The zero-order valence-corrected chi connectivity index (χ0v) is 13.0. The third kappa shape index (κ3) is 2.55. The molecule has 2 atom stereocenters. The number of nitrogens with one attached hydrogen (secondary N) is 1. The zero-order chi connectivity index (χ0) is 15.1. The van der Waals surface area contributed by atoms with E-state index < -0.39 is 0 Å². The average Bonchev–Trinajstić information content (AvgIpc) is 2.63. The van der Waals surface area contributed by atoms with Gasteiger partial charge in [-0.1, -0.05) is 18.7 Å². The number of imide groups is 1. The lowest BCUT2D eigenvalue weighted by Crippen LogP contribution is -2.24. The molecule has 0 aliphatic carbocycles. The summed E-state index contributed by atoms with van der Waals surface area (Å²) in [6.07, 6.45) is 1.07. The third-order valence-electron chi connectivity index (χ3n) is 3.66. The molecule has 3 rings (SSSR count). The molecular formula is C15H17N3O2S. The summed E-state index contributed by atoms with van der Waals surface area (Å²) < 4.78 is 0. The van der Waals surface area contributed by atoms with Crippen LogP contribution in [0, 0.1) is 0 Å². The van der Waals surface area contributed by atoms with E-state index in [0.717, 1.165) is 22.2 Å². The lowest BCUT2D eigenvalue weighted by molar-refractivity contribution is 0.0693. The second-order valence-corrected chi connectivity index (χ2v) is 6.93. The van der Waals surface area contributed by atoms with Gasteiger partial charge in [0.05, 0.1) is 17.2 Å². The van der Waals surface area contributed by atoms with Crippen LogP contribution in [0.15, 0.2) is 23.2 Å². The van der Waals surface area contributed by atoms with E-state index >= 15 is 0 Å². The molecule has 0 bridgehead atoms. The van der Waals surface area contributed by atoms with Crippen molar-refractivity contribution in [1.82, 2.24) is 4.90 Å². The first-order chi connectivity index (χ1) is 9.95. The Balaban J connectivity index is 1.86. The Hall–Kier alpha value is -1.82. The van der Waals surface area contributed by atoms with Gasteiger partial charge in [0.25, 0.3) is 11.8 Å². The lowest BCUT2D eigenvalue weighted by Gasteiger charge is -2.23. The van der Waals surface area contributed by atoms with Crippen LogP contribution in [0.3, 0.4) is 0 Å². The van der Waals surface area contributed by atoms with Crippen LogP contribution in [-0.4, -0.2) is 40.2 Å². The molecule has 5 nitrogen and oxygen atoms in total. The van der Waals surface area contributed by atoms with Crippen LogP contribution in [0.25, 0.3) is 0 Å². The Kier molecular flexibility index (Phi) is 3.49. The Morgan fingerprint density at radius 2 is 1.95 bits per heavy atom. The molecule has 6 heteroatoms. The minimum atomic E-state index is -0.251. The van der Waals surface area contributed by atoms with Crippen LogP contribution in [0.5, 0.6) is 0 Å². The first-order valence-electron chi connectivity index (χ1n) is 6.93. The van der Waals surface area contributed by atoms with E-state index in [1.54, 1.807) is 23.9 Å². The molecule has 1 aromatic rings. The number of carbonyl (C=O) groups excluding carboxylic acids is 2. The molecule has 2 aliphatic rings. The van der Waals surface area contributed by atoms with Gasteiger partial charge in [-0.3, -0.25) is 19.5 Å². The zero-order valence-electron chi connectivity index (χ0n) is 12.2.